The third-order valence-electron chi connectivity index (χ3n) is 4.44. The highest BCUT2D eigenvalue weighted by atomic mass is 19.1. The molecular weight excluding hydrogens is 321 g/mol. The second-order valence-electron chi connectivity index (χ2n) is 6.53. The van der Waals surface area contributed by atoms with Crippen LogP contribution in [0, 0.1) is 5.82 Å². The molecule has 0 radical (unpaired) electrons. The third-order valence-corrected chi connectivity index (χ3v) is 4.44. The fourth-order valence-electron chi connectivity index (χ4n) is 2.95. The van der Waals surface area contributed by atoms with Gasteiger partial charge >= 0.3 is 6.03 Å². The zero-order valence-corrected chi connectivity index (χ0v) is 15.1. The number of unbranched alkanes of at least 4 members (excludes halogenated alkanes) is 2. The van der Waals surface area contributed by atoms with E-state index in [0.29, 0.717) is 12.2 Å². The van der Waals surface area contributed by atoms with E-state index < -0.39 is 0 Å². The lowest BCUT2D eigenvalue weighted by Crippen LogP contribution is -2.46. The molecule has 1 heterocycles. The molecule has 1 aliphatic heterocycles. The summed E-state index contributed by atoms with van der Waals surface area (Å²) in [5, 5.41) is 2.99. The average molecular weight is 349 g/mol. The number of halogens is 1. The molecule has 0 saturated carbocycles. The van der Waals surface area contributed by atoms with Crippen molar-refractivity contribution in [2.45, 2.75) is 52.0 Å². The lowest BCUT2D eigenvalue weighted by molar-refractivity contribution is -0.117. The molecule has 0 spiro atoms. The number of rotatable bonds is 8. The Bertz CT molecular complexity index is 569. The highest BCUT2D eigenvalue weighted by molar-refractivity contribution is 5.96. The monoisotopic (exact) mass is 349 g/mol. The minimum atomic E-state index is -0.331. The summed E-state index contributed by atoms with van der Waals surface area (Å²) in [6, 6.07) is 5.55. The Kier molecular flexibility index (Phi) is 7.22. The molecule has 1 unspecified atom stereocenters. The number of carbonyl (C=O) groups excluding carboxylic acids is 2. The van der Waals surface area contributed by atoms with Crippen molar-refractivity contribution in [1.29, 1.82) is 0 Å². The van der Waals surface area contributed by atoms with Gasteiger partial charge in [-0.25, -0.2) is 9.18 Å². The van der Waals surface area contributed by atoms with Gasteiger partial charge in [-0.3, -0.25) is 4.79 Å². The highest BCUT2D eigenvalue weighted by Crippen LogP contribution is 2.22. The van der Waals surface area contributed by atoms with E-state index in [-0.39, 0.29) is 30.2 Å². The number of hydrogen-bond donors (Lipinski definition) is 1. The fourth-order valence-corrected chi connectivity index (χ4v) is 2.95. The molecule has 1 fully saturated rings. The van der Waals surface area contributed by atoms with E-state index in [0.717, 1.165) is 38.8 Å². The predicted molar refractivity (Wildman–Crippen MR) is 97.1 cm³/mol. The van der Waals surface area contributed by atoms with Crippen LogP contribution in [0.15, 0.2) is 24.3 Å². The number of nitrogens with zero attached hydrogens (tertiary/aromatic N) is 2. The first kappa shape index (κ1) is 19.2. The summed E-state index contributed by atoms with van der Waals surface area (Å²) in [6.07, 6.45) is 4.30. The molecule has 2 rings (SSSR count). The Balaban J connectivity index is 1.94. The SMILES string of the molecule is CCCCN(CCCC)C(=O)NC1CC(=O)N(c2ccc(F)cc2)C1. The van der Waals surface area contributed by atoms with Gasteiger partial charge in [0.15, 0.2) is 0 Å². The van der Waals surface area contributed by atoms with E-state index in [2.05, 4.69) is 19.2 Å². The minimum absolute atomic E-state index is 0.0504. The first-order chi connectivity index (χ1) is 12.0. The summed E-state index contributed by atoms with van der Waals surface area (Å²) in [5.41, 5.74) is 0.664. The third kappa shape index (κ3) is 5.44. The molecule has 6 heteroatoms. The molecule has 1 atom stereocenters. The summed E-state index contributed by atoms with van der Waals surface area (Å²) in [4.78, 5) is 28.2. The molecule has 1 aliphatic rings. The number of anilines is 1. The van der Waals surface area contributed by atoms with Gasteiger partial charge in [0.1, 0.15) is 5.82 Å². The van der Waals surface area contributed by atoms with Gasteiger partial charge in [0.05, 0.1) is 6.04 Å². The minimum Gasteiger partial charge on any atom is -0.333 e. The molecule has 0 bridgehead atoms. The van der Waals surface area contributed by atoms with Crippen molar-refractivity contribution in [3.05, 3.63) is 30.1 Å². The first-order valence-corrected chi connectivity index (χ1v) is 9.16. The van der Waals surface area contributed by atoms with Crippen LogP contribution in [-0.2, 0) is 4.79 Å². The van der Waals surface area contributed by atoms with Crippen LogP contribution in [0.5, 0.6) is 0 Å². The van der Waals surface area contributed by atoms with Crippen LogP contribution < -0.4 is 10.2 Å². The first-order valence-electron chi connectivity index (χ1n) is 9.16. The van der Waals surface area contributed by atoms with E-state index >= 15 is 0 Å². The van der Waals surface area contributed by atoms with Gasteiger partial charge in [0.2, 0.25) is 5.91 Å². The standard InChI is InChI=1S/C19H28FN3O2/c1-3-5-11-22(12-6-4-2)19(25)21-16-13-18(24)23(14-16)17-9-7-15(20)8-10-17/h7-10,16H,3-6,11-14H2,1-2H3,(H,21,25). The van der Waals surface area contributed by atoms with E-state index in [1.807, 2.05) is 4.90 Å². The van der Waals surface area contributed by atoms with Crippen molar-refractivity contribution < 1.29 is 14.0 Å². The van der Waals surface area contributed by atoms with Gasteiger partial charge in [-0.05, 0) is 37.1 Å². The largest absolute Gasteiger partial charge is 0.333 e. The number of amides is 3. The fraction of sp³-hybridized carbons (Fsp3) is 0.579. The highest BCUT2D eigenvalue weighted by Gasteiger charge is 2.32. The van der Waals surface area contributed by atoms with Crippen molar-refractivity contribution in [3.8, 4) is 0 Å². The maximum Gasteiger partial charge on any atom is 0.317 e. The molecule has 3 amide bonds. The van der Waals surface area contributed by atoms with Gasteiger partial charge < -0.3 is 15.1 Å². The van der Waals surface area contributed by atoms with Gasteiger partial charge in [0.25, 0.3) is 0 Å². The maximum absolute atomic E-state index is 13.0. The molecule has 1 aromatic rings. The van der Waals surface area contributed by atoms with Crippen LogP contribution >= 0.6 is 0 Å². The summed E-state index contributed by atoms with van der Waals surface area (Å²) in [7, 11) is 0. The molecule has 5 nitrogen and oxygen atoms in total. The van der Waals surface area contributed by atoms with Gasteiger partial charge in [-0.15, -0.1) is 0 Å². The van der Waals surface area contributed by atoms with Crippen LogP contribution in [0.25, 0.3) is 0 Å². The van der Waals surface area contributed by atoms with Crippen LogP contribution in [0.4, 0.5) is 14.9 Å². The Morgan fingerprint density at radius 1 is 1.20 bits per heavy atom. The van der Waals surface area contributed by atoms with Crippen molar-refractivity contribution >= 4 is 17.6 Å². The number of hydrogen-bond acceptors (Lipinski definition) is 2. The zero-order chi connectivity index (χ0) is 18.2. The van der Waals surface area contributed by atoms with Gasteiger partial charge in [-0.2, -0.15) is 0 Å². The van der Waals surface area contributed by atoms with Gasteiger partial charge in [0, 0.05) is 31.7 Å². The normalized spacial score (nSPS) is 17.0. The number of urea groups is 1. The summed E-state index contributed by atoms with van der Waals surface area (Å²) < 4.78 is 13.0. The number of carbonyl (C=O) groups is 2. The molecule has 0 aliphatic carbocycles. The lowest BCUT2D eigenvalue weighted by Gasteiger charge is -2.25. The molecular formula is C19H28FN3O2. The van der Waals surface area contributed by atoms with E-state index in [1.54, 1.807) is 17.0 Å². The Hall–Kier alpha value is -2.11. The van der Waals surface area contributed by atoms with Crippen molar-refractivity contribution in [3.63, 3.8) is 0 Å². The molecule has 138 valence electrons. The maximum atomic E-state index is 13.0. The van der Waals surface area contributed by atoms with Crippen molar-refractivity contribution in [1.82, 2.24) is 10.2 Å². The molecule has 25 heavy (non-hydrogen) atoms. The number of nitrogens with one attached hydrogen (secondary N) is 1. The zero-order valence-electron chi connectivity index (χ0n) is 15.1. The van der Waals surface area contributed by atoms with Gasteiger partial charge in [-0.1, -0.05) is 26.7 Å². The molecule has 1 saturated heterocycles. The molecule has 1 N–H and O–H groups in total. The second-order valence-corrected chi connectivity index (χ2v) is 6.53. The summed E-state index contributed by atoms with van der Waals surface area (Å²) in [6.45, 7) is 6.11. The number of benzene rings is 1. The average Bonchev–Trinajstić information content (AvgIpc) is 2.96. The van der Waals surface area contributed by atoms with Crippen LogP contribution in [-0.4, -0.2) is 42.5 Å². The van der Waals surface area contributed by atoms with Crippen molar-refractivity contribution in [2.24, 2.45) is 0 Å². The Morgan fingerprint density at radius 2 is 1.80 bits per heavy atom. The van der Waals surface area contributed by atoms with E-state index in [9.17, 15) is 14.0 Å². The second kappa shape index (κ2) is 9.39. The van der Waals surface area contributed by atoms with E-state index in [1.165, 1.54) is 12.1 Å². The van der Waals surface area contributed by atoms with Crippen LogP contribution in [0.2, 0.25) is 0 Å². The van der Waals surface area contributed by atoms with Crippen molar-refractivity contribution in [2.75, 3.05) is 24.5 Å². The lowest BCUT2D eigenvalue weighted by atomic mass is 10.2. The smallest absolute Gasteiger partial charge is 0.317 e. The topological polar surface area (TPSA) is 52.7 Å². The van der Waals surface area contributed by atoms with E-state index in [4.69, 9.17) is 0 Å². The summed E-state index contributed by atoms with van der Waals surface area (Å²) in [5.74, 6) is -0.381. The van der Waals surface area contributed by atoms with Crippen LogP contribution in [0.3, 0.4) is 0 Å². The molecule has 1 aromatic carbocycles. The molecule has 0 aromatic heterocycles. The Labute approximate surface area is 149 Å². The Morgan fingerprint density at radius 3 is 2.36 bits per heavy atom. The van der Waals surface area contributed by atoms with Crippen LogP contribution in [0.1, 0.15) is 46.0 Å². The predicted octanol–water partition coefficient (Wildman–Crippen LogP) is 3.54. The summed E-state index contributed by atoms with van der Waals surface area (Å²) >= 11 is 0. The quantitative estimate of drug-likeness (QED) is 0.780.